The monoisotopic (exact) mass is 380 g/mol. The molecule has 0 aliphatic carbocycles. The van der Waals surface area contributed by atoms with Crippen molar-refractivity contribution < 1.29 is 23.4 Å². The molecule has 2 heterocycles. The van der Waals surface area contributed by atoms with E-state index in [4.69, 9.17) is 14.2 Å². The number of carbonyl (C=O) groups excluding carboxylic acids is 1. The molecule has 0 bridgehead atoms. The van der Waals surface area contributed by atoms with E-state index in [2.05, 4.69) is 10.3 Å². The number of amides is 1. The van der Waals surface area contributed by atoms with E-state index in [1.807, 2.05) is 18.0 Å². The third-order valence-electron chi connectivity index (χ3n) is 3.90. The van der Waals surface area contributed by atoms with Crippen LogP contribution in [0.1, 0.15) is 32.8 Å². The number of halogens is 1. The number of nitrogens with one attached hydrogen (secondary N) is 1. The van der Waals surface area contributed by atoms with Crippen LogP contribution in [0.4, 0.5) is 14.9 Å². The molecule has 0 radical (unpaired) electrons. The number of nitriles is 1. The van der Waals surface area contributed by atoms with Gasteiger partial charge in [0.1, 0.15) is 29.5 Å². The molecule has 148 valence electrons. The van der Waals surface area contributed by atoms with Crippen LogP contribution in [0.5, 0.6) is 11.6 Å². The summed E-state index contributed by atoms with van der Waals surface area (Å²) in [4.78, 5) is 18.0. The lowest BCUT2D eigenvalue weighted by atomic mass is 10.1. The van der Waals surface area contributed by atoms with Crippen molar-refractivity contribution >= 4 is 11.8 Å². The fourth-order valence-corrected chi connectivity index (χ4v) is 2.67. The molecule has 0 spiro atoms. The standard InChI is InChI=1S/C18H25FN4O4/c1-18(2,3)27-17(24)22-13-9-21-16(25-5)15(11(13)8-20)26-14-6-7-23(4)10-12(14)19/h9,12,14H,6-7,10H2,1-5H3,(H,22,24)/t12-,14+/m0/s1. The summed E-state index contributed by atoms with van der Waals surface area (Å²) < 4.78 is 30.5. The Morgan fingerprint density at radius 1 is 1.48 bits per heavy atom. The lowest BCUT2D eigenvalue weighted by Gasteiger charge is -2.32. The van der Waals surface area contributed by atoms with E-state index >= 15 is 0 Å². The van der Waals surface area contributed by atoms with Crippen LogP contribution in [0.2, 0.25) is 0 Å². The van der Waals surface area contributed by atoms with Gasteiger partial charge in [0, 0.05) is 13.1 Å². The van der Waals surface area contributed by atoms with Crippen LogP contribution in [0.25, 0.3) is 0 Å². The molecule has 8 nitrogen and oxygen atoms in total. The number of aromatic nitrogens is 1. The maximum atomic E-state index is 14.4. The van der Waals surface area contributed by atoms with E-state index < -0.39 is 24.0 Å². The molecule has 2 atom stereocenters. The van der Waals surface area contributed by atoms with Gasteiger partial charge in [0.15, 0.2) is 0 Å². The highest BCUT2D eigenvalue weighted by Gasteiger charge is 2.32. The highest BCUT2D eigenvalue weighted by atomic mass is 19.1. The maximum Gasteiger partial charge on any atom is 0.412 e. The molecule has 2 rings (SSSR count). The first kappa shape index (κ1) is 20.7. The summed E-state index contributed by atoms with van der Waals surface area (Å²) in [6.07, 6.45) is -0.964. The molecule has 9 heteroatoms. The molecule has 0 aromatic carbocycles. The molecule has 27 heavy (non-hydrogen) atoms. The number of piperidine rings is 1. The van der Waals surface area contributed by atoms with Crippen molar-refractivity contribution in [2.24, 2.45) is 0 Å². The summed E-state index contributed by atoms with van der Waals surface area (Å²) in [5.74, 6) is 0.0539. The minimum Gasteiger partial charge on any atom is -0.480 e. The number of likely N-dealkylation sites (tertiary alicyclic amines) is 1. The van der Waals surface area contributed by atoms with Crippen LogP contribution >= 0.6 is 0 Å². The zero-order chi connectivity index (χ0) is 20.2. The van der Waals surface area contributed by atoms with Crippen molar-refractivity contribution in [3.8, 4) is 17.7 Å². The Morgan fingerprint density at radius 3 is 2.74 bits per heavy atom. The molecule has 1 aliphatic rings. The van der Waals surface area contributed by atoms with Crippen molar-refractivity contribution in [1.82, 2.24) is 9.88 Å². The van der Waals surface area contributed by atoms with Crippen molar-refractivity contribution in [1.29, 1.82) is 5.26 Å². The minimum absolute atomic E-state index is 0.00108. The Labute approximate surface area is 158 Å². The summed E-state index contributed by atoms with van der Waals surface area (Å²) in [6, 6.07) is 1.97. The predicted molar refractivity (Wildman–Crippen MR) is 96.8 cm³/mol. The summed E-state index contributed by atoms with van der Waals surface area (Å²) in [5, 5.41) is 12.1. The predicted octanol–water partition coefficient (Wildman–Crippen LogP) is 2.73. The lowest BCUT2D eigenvalue weighted by molar-refractivity contribution is 0.0293. The fraction of sp³-hybridized carbons (Fsp3) is 0.611. The second kappa shape index (κ2) is 8.39. The van der Waals surface area contributed by atoms with Gasteiger partial charge in [-0.3, -0.25) is 5.32 Å². The molecule has 1 aliphatic heterocycles. The Hall–Kier alpha value is -2.60. The normalized spacial score (nSPS) is 20.5. The SMILES string of the molecule is COc1ncc(NC(=O)OC(C)(C)C)c(C#N)c1O[C@@H]1CCN(C)C[C@@H]1F. The Kier molecular flexibility index (Phi) is 6.44. The van der Waals surface area contributed by atoms with Gasteiger partial charge in [0.25, 0.3) is 5.88 Å². The first-order valence-electron chi connectivity index (χ1n) is 8.61. The minimum atomic E-state index is -1.22. The third kappa shape index (κ3) is 5.44. The second-order valence-electron chi connectivity index (χ2n) is 7.35. The van der Waals surface area contributed by atoms with Gasteiger partial charge in [-0.25, -0.2) is 14.2 Å². The van der Waals surface area contributed by atoms with Gasteiger partial charge in [-0.15, -0.1) is 0 Å². The van der Waals surface area contributed by atoms with Crippen LogP contribution in [0.3, 0.4) is 0 Å². The van der Waals surface area contributed by atoms with Gasteiger partial charge in [-0.05, 0) is 34.2 Å². The first-order chi connectivity index (χ1) is 12.6. The number of anilines is 1. The van der Waals surface area contributed by atoms with Gasteiger partial charge in [-0.1, -0.05) is 0 Å². The van der Waals surface area contributed by atoms with Gasteiger partial charge in [-0.2, -0.15) is 5.26 Å². The summed E-state index contributed by atoms with van der Waals surface area (Å²) in [7, 11) is 3.20. The fourth-order valence-electron chi connectivity index (χ4n) is 2.67. The van der Waals surface area contributed by atoms with Gasteiger partial charge >= 0.3 is 6.09 Å². The molecule has 1 aromatic heterocycles. The second-order valence-corrected chi connectivity index (χ2v) is 7.35. The Bertz CT molecular complexity index is 729. The quantitative estimate of drug-likeness (QED) is 0.858. The number of alkyl halides is 1. The highest BCUT2D eigenvalue weighted by Crippen LogP contribution is 2.36. The van der Waals surface area contributed by atoms with E-state index in [1.54, 1.807) is 20.8 Å². The van der Waals surface area contributed by atoms with Crippen LogP contribution in [-0.4, -0.2) is 61.1 Å². The zero-order valence-corrected chi connectivity index (χ0v) is 16.2. The average Bonchev–Trinajstić information content (AvgIpc) is 2.56. The third-order valence-corrected chi connectivity index (χ3v) is 3.90. The number of hydrogen-bond donors (Lipinski definition) is 1. The molecule has 1 aromatic rings. The lowest BCUT2D eigenvalue weighted by Crippen LogP contribution is -2.45. The molecular formula is C18H25FN4O4. The molecule has 1 amide bonds. The number of rotatable bonds is 4. The smallest absolute Gasteiger partial charge is 0.412 e. The van der Waals surface area contributed by atoms with E-state index in [1.165, 1.54) is 13.3 Å². The molecular weight excluding hydrogens is 355 g/mol. The maximum absolute atomic E-state index is 14.4. The molecule has 1 fully saturated rings. The number of nitrogens with zero attached hydrogens (tertiary/aromatic N) is 3. The van der Waals surface area contributed by atoms with E-state index in [-0.39, 0.29) is 29.4 Å². The van der Waals surface area contributed by atoms with Crippen molar-refractivity contribution in [3.63, 3.8) is 0 Å². The molecule has 0 saturated carbocycles. The van der Waals surface area contributed by atoms with Crippen LogP contribution in [-0.2, 0) is 4.74 Å². The molecule has 0 unspecified atom stereocenters. The van der Waals surface area contributed by atoms with Crippen molar-refractivity contribution in [2.75, 3.05) is 32.6 Å². The number of carbonyl (C=O) groups is 1. The van der Waals surface area contributed by atoms with Gasteiger partial charge in [0.2, 0.25) is 5.75 Å². The van der Waals surface area contributed by atoms with Crippen LogP contribution in [0, 0.1) is 11.3 Å². The molecule has 1 saturated heterocycles. The number of pyridine rings is 1. The number of hydrogen-bond acceptors (Lipinski definition) is 7. The summed E-state index contributed by atoms with van der Waals surface area (Å²) in [5.41, 5.74) is -0.601. The summed E-state index contributed by atoms with van der Waals surface area (Å²) >= 11 is 0. The highest BCUT2D eigenvalue weighted by molar-refractivity contribution is 5.87. The van der Waals surface area contributed by atoms with Gasteiger partial charge < -0.3 is 19.1 Å². The van der Waals surface area contributed by atoms with E-state index in [0.717, 1.165) is 0 Å². The molecule has 1 N–H and O–H groups in total. The van der Waals surface area contributed by atoms with Crippen molar-refractivity contribution in [3.05, 3.63) is 11.8 Å². The topological polar surface area (TPSA) is 96.7 Å². The average molecular weight is 380 g/mol. The van der Waals surface area contributed by atoms with Crippen molar-refractivity contribution in [2.45, 2.75) is 45.1 Å². The van der Waals surface area contributed by atoms with Crippen LogP contribution < -0.4 is 14.8 Å². The van der Waals surface area contributed by atoms with Crippen LogP contribution in [0.15, 0.2) is 6.20 Å². The van der Waals surface area contributed by atoms with E-state index in [0.29, 0.717) is 13.0 Å². The number of ether oxygens (including phenoxy) is 3. The Balaban J connectivity index is 2.30. The van der Waals surface area contributed by atoms with E-state index in [9.17, 15) is 14.4 Å². The van der Waals surface area contributed by atoms with Gasteiger partial charge in [0.05, 0.1) is 19.0 Å². The first-order valence-corrected chi connectivity index (χ1v) is 8.61. The number of methoxy groups -OCH3 is 1. The largest absolute Gasteiger partial charge is 0.480 e. The summed E-state index contributed by atoms with van der Waals surface area (Å²) in [6.45, 7) is 6.07. The Morgan fingerprint density at radius 2 is 2.19 bits per heavy atom. The zero-order valence-electron chi connectivity index (χ0n) is 16.2.